The van der Waals surface area contributed by atoms with Crippen LogP contribution in [0.15, 0.2) is 30.6 Å². The fraction of sp³-hybridized carbons (Fsp3) is 0.357. The van der Waals surface area contributed by atoms with Crippen LogP contribution in [0.25, 0.3) is 5.69 Å². The van der Waals surface area contributed by atoms with Crippen LogP contribution in [0, 0.1) is 13.8 Å². The van der Waals surface area contributed by atoms with Gasteiger partial charge in [0.1, 0.15) is 5.75 Å². The molecule has 0 aliphatic carbocycles. The minimum absolute atomic E-state index is 0.168. The number of aromatic nitrogens is 2. The molecule has 3 heteroatoms. The number of hydrogen-bond donors (Lipinski definition) is 0. The average molecular weight is 230 g/mol. The molecule has 2 rings (SSSR count). The largest absolute Gasteiger partial charge is 0.489 e. The normalized spacial score (nSPS) is 10.9. The maximum atomic E-state index is 5.82. The van der Waals surface area contributed by atoms with Crippen molar-refractivity contribution in [3.05, 3.63) is 42.0 Å². The van der Waals surface area contributed by atoms with Crippen LogP contribution in [0.5, 0.6) is 5.75 Å². The van der Waals surface area contributed by atoms with Gasteiger partial charge in [0.2, 0.25) is 0 Å². The lowest BCUT2D eigenvalue weighted by atomic mass is 10.2. The van der Waals surface area contributed by atoms with E-state index in [2.05, 4.69) is 16.5 Å². The third-order valence-electron chi connectivity index (χ3n) is 2.74. The molecule has 0 spiro atoms. The minimum Gasteiger partial charge on any atom is -0.489 e. The molecular formula is C14H18N2O. The second kappa shape index (κ2) is 4.62. The zero-order chi connectivity index (χ0) is 12.4. The molecule has 0 N–H and O–H groups in total. The fourth-order valence-electron chi connectivity index (χ4n) is 1.75. The third-order valence-corrected chi connectivity index (χ3v) is 2.74. The first kappa shape index (κ1) is 11.7. The van der Waals surface area contributed by atoms with Crippen LogP contribution in [0.1, 0.15) is 25.2 Å². The highest BCUT2D eigenvalue weighted by atomic mass is 16.5. The summed E-state index contributed by atoms with van der Waals surface area (Å²) in [5, 5.41) is 0. The topological polar surface area (TPSA) is 27.1 Å². The van der Waals surface area contributed by atoms with Gasteiger partial charge in [-0.2, -0.15) is 0 Å². The van der Waals surface area contributed by atoms with Gasteiger partial charge in [-0.05, 0) is 39.8 Å². The van der Waals surface area contributed by atoms with Crippen LogP contribution in [0.3, 0.4) is 0 Å². The molecule has 0 aliphatic rings. The Kier molecular flexibility index (Phi) is 3.18. The molecule has 0 unspecified atom stereocenters. The zero-order valence-electron chi connectivity index (χ0n) is 10.8. The molecule has 90 valence electrons. The van der Waals surface area contributed by atoms with E-state index < -0.39 is 0 Å². The Morgan fingerprint density at radius 1 is 1.18 bits per heavy atom. The second-order valence-electron chi connectivity index (χ2n) is 4.42. The Labute approximate surface area is 102 Å². The maximum absolute atomic E-state index is 5.82. The van der Waals surface area contributed by atoms with E-state index in [1.807, 2.05) is 51.4 Å². The number of nitrogens with zero attached hydrogens (tertiary/aromatic N) is 2. The first-order valence-corrected chi connectivity index (χ1v) is 5.86. The van der Waals surface area contributed by atoms with Crippen LogP contribution in [-0.2, 0) is 0 Å². The predicted octanol–water partition coefficient (Wildman–Crippen LogP) is 3.28. The van der Waals surface area contributed by atoms with Crippen molar-refractivity contribution in [1.82, 2.24) is 9.55 Å². The van der Waals surface area contributed by atoms with Crippen molar-refractivity contribution in [2.45, 2.75) is 33.8 Å². The summed E-state index contributed by atoms with van der Waals surface area (Å²) in [6.45, 7) is 8.14. The molecule has 0 amide bonds. The van der Waals surface area contributed by atoms with Gasteiger partial charge >= 0.3 is 0 Å². The molecule has 1 aromatic carbocycles. The molecular weight excluding hydrogens is 212 g/mol. The van der Waals surface area contributed by atoms with E-state index in [0.29, 0.717) is 0 Å². The molecule has 1 heterocycles. The van der Waals surface area contributed by atoms with E-state index in [1.165, 1.54) is 0 Å². The summed E-state index contributed by atoms with van der Waals surface area (Å²) in [6.07, 6.45) is 2.01. The standard InChI is InChI=1S/C14H18N2O/c1-10(2)17-14-8-6-5-7-13(14)16-9-15-11(3)12(16)4/h5-10H,1-4H3. The number of para-hydroxylation sites is 2. The number of benzene rings is 1. The SMILES string of the molecule is Cc1ncn(-c2ccccc2OC(C)C)c1C. The number of ether oxygens (including phenoxy) is 1. The second-order valence-corrected chi connectivity index (χ2v) is 4.42. The van der Waals surface area contributed by atoms with Gasteiger partial charge in [0.25, 0.3) is 0 Å². The highest BCUT2D eigenvalue weighted by molar-refractivity contribution is 5.48. The van der Waals surface area contributed by atoms with E-state index in [-0.39, 0.29) is 6.10 Å². The predicted molar refractivity (Wildman–Crippen MR) is 68.8 cm³/mol. The van der Waals surface area contributed by atoms with Crippen molar-refractivity contribution in [2.75, 3.05) is 0 Å². The molecule has 0 bridgehead atoms. The molecule has 17 heavy (non-hydrogen) atoms. The Balaban J connectivity index is 2.48. The molecule has 0 atom stereocenters. The number of rotatable bonds is 3. The Bertz CT molecular complexity index is 515. The van der Waals surface area contributed by atoms with E-state index >= 15 is 0 Å². The average Bonchev–Trinajstić information content (AvgIpc) is 2.60. The first-order valence-electron chi connectivity index (χ1n) is 5.86. The lowest BCUT2D eigenvalue weighted by Gasteiger charge is -2.15. The molecule has 0 fully saturated rings. The van der Waals surface area contributed by atoms with Crippen molar-refractivity contribution in [1.29, 1.82) is 0 Å². The molecule has 1 aromatic heterocycles. The summed E-state index contributed by atoms with van der Waals surface area (Å²) in [5.41, 5.74) is 3.23. The van der Waals surface area contributed by atoms with Crippen molar-refractivity contribution < 1.29 is 4.74 Å². The number of imidazole rings is 1. The Hall–Kier alpha value is -1.77. The monoisotopic (exact) mass is 230 g/mol. The lowest BCUT2D eigenvalue weighted by Crippen LogP contribution is -2.08. The smallest absolute Gasteiger partial charge is 0.143 e. The van der Waals surface area contributed by atoms with Crippen LogP contribution in [0.4, 0.5) is 0 Å². The van der Waals surface area contributed by atoms with Gasteiger partial charge in [-0.25, -0.2) is 4.98 Å². The van der Waals surface area contributed by atoms with Gasteiger partial charge in [0.05, 0.1) is 23.8 Å². The van der Waals surface area contributed by atoms with Crippen LogP contribution in [-0.4, -0.2) is 15.7 Å². The number of aryl methyl sites for hydroxylation is 1. The highest BCUT2D eigenvalue weighted by Gasteiger charge is 2.10. The maximum Gasteiger partial charge on any atom is 0.143 e. The van der Waals surface area contributed by atoms with E-state index in [1.54, 1.807) is 0 Å². The minimum atomic E-state index is 0.168. The van der Waals surface area contributed by atoms with Gasteiger partial charge in [0.15, 0.2) is 0 Å². The highest BCUT2D eigenvalue weighted by Crippen LogP contribution is 2.25. The van der Waals surface area contributed by atoms with Crippen LogP contribution in [0.2, 0.25) is 0 Å². The van der Waals surface area contributed by atoms with E-state index in [0.717, 1.165) is 22.8 Å². The van der Waals surface area contributed by atoms with Gasteiger partial charge in [-0.15, -0.1) is 0 Å². The van der Waals surface area contributed by atoms with Crippen molar-refractivity contribution >= 4 is 0 Å². The molecule has 0 radical (unpaired) electrons. The zero-order valence-corrected chi connectivity index (χ0v) is 10.8. The van der Waals surface area contributed by atoms with Crippen LogP contribution >= 0.6 is 0 Å². The quantitative estimate of drug-likeness (QED) is 0.809. The molecule has 2 aromatic rings. The molecule has 0 saturated heterocycles. The molecule has 3 nitrogen and oxygen atoms in total. The Morgan fingerprint density at radius 3 is 2.47 bits per heavy atom. The van der Waals surface area contributed by atoms with Gasteiger partial charge in [0, 0.05) is 5.69 Å². The summed E-state index contributed by atoms with van der Waals surface area (Å²) in [5.74, 6) is 0.892. The molecule has 0 aliphatic heterocycles. The summed E-state index contributed by atoms with van der Waals surface area (Å²) < 4.78 is 7.88. The summed E-state index contributed by atoms with van der Waals surface area (Å²) in [7, 11) is 0. The van der Waals surface area contributed by atoms with Gasteiger partial charge in [-0.1, -0.05) is 12.1 Å². The third kappa shape index (κ3) is 2.33. The Morgan fingerprint density at radius 2 is 1.88 bits per heavy atom. The van der Waals surface area contributed by atoms with Gasteiger partial charge in [-0.3, -0.25) is 4.57 Å². The molecule has 0 saturated carbocycles. The summed E-state index contributed by atoms with van der Waals surface area (Å²) >= 11 is 0. The fourth-order valence-corrected chi connectivity index (χ4v) is 1.75. The van der Waals surface area contributed by atoms with E-state index in [4.69, 9.17) is 4.74 Å². The van der Waals surface area contributed by atoms with Gasteiger partial charge < -0.3 is 4.74 Å². The van der Waals surface area contributed by atoms with Crippen molar-refractivity contribution in [2.24, 2.45) is 0 Å². The van der Waals surface area contributed by atoms with Crippen LogP contribution < -0.4 is 4.74 Å². The van der Waals surface area contributed by atoms with Crippen molar-refractivity contribution in [3.8, 4) is 11.4 Å². The summed E-state index contributed by atoms with van der Waals surface area (Å²) in [6, 6.07) is 8.04. The number of hydrogen-bond acceptors (Lipinski definition) is 2. The van der Waals surface area contributed by atoms with Crippen molar-refractivity contribution in [3.63, 3.8) is 0 Å². The first-order chi connectivity index (χ1) is 8.09. The van der Waals surface area contributed by atoms with E-state index in [9.17, 15) is 0 Å². The lowest BCUT2D eigenvalue weighted by molar-refractivity contribution is 0.242. The summed E-state index contributed by atoms with van der Waals surface area (Å²) in [4.78, 5) is 4.32.